The van der Waals surface area contributed by atoms with Crippen molar-refractivity contribution in [2.24, 2.45) is 0 Å². The van der Waals surface area contributed by atoms with Crippen LogP contribution in [-0.4, -0.2) is 50.3 Å². The largest absolute Gasteiger partial charge is 0.394 e. The van der Waals surface area contributed by atoms with Crippen molar-refractivity contribution in [2.45, 2.75) is 48.7 Å². The number of hydrogen-bond acceptors (Lipinski definition) is 5. The van der Waals surface area contributed by atoms with Crippen LogP contribution >= 0.6 is 15.9 Å². The summed E-state index contributed by atoms with van der Waals surface area (Å²) < 4.78 is 37.5. The predicted molar refractivity (Wildman–Crippen MR) is 86.6 cm³/mol. The predicted octanol–water partition coefficient (Wildman–Crippen LogP) is 2.17. The van der Waals surface area contributed by atoms with Crippen LogP contribution in [0.3, 0.4) is 0 Å². The average molecular weight is 393 g/mol. The summed E-state index contributed by atoms with van der Waals surface area (Å²) in [6, 6.07) is 6.57. The normalized spacial score (nSPS) is 26.3. The van der Waals surface area contributed by atoms with Gasteiger partial charge in [0.15, 0.2) is 9.84 Å². The van der Waals surface area contributed by atoms with Crippen molar-refractivity contribution >= 4 is 25.8 Å². The van der Waals surface area contributed by atoms with E-state index in [1.807, 2.05) is 13.8 Å². The molecule has 0 aromatic heterocycles. The summed E-state index contributed by atoms with van der Waals surface area (Å²) in [5.74, 6) is 0. The van der Waals surface area contributed by atoms with Crippen molar-refractivity contribution in [1.29, 1.82) is 0 Å². The Bertz CT molecular complexity index is 584. The fourth-order valence-corrected chi connectivity index (χ4v) is 4.38. The molecular weight excluding hydrogens is 372 g/mol. The van der Waals surface area contributed by atoms with Crippen LogP contribution in [0.4, 0.5) is 0 Å². The third-order valence-corrected chi connectivity index (χ3v) is 6.28. The Morgan fingerprint density at radius 3 is 2.55 bits per heavy atom. The Morgan fingerprint density at radius 2 is 2.00 bits per heavy atom. The fraction of sp³-hybridized carbons (Fsp3) is 0.600. The second-order valence-corrected chi connectivity index (χ2v) is 8.78. The van der Waals surface area contributed by atoms with E-state index in [0.717, 1.165) is 4.47 Å². The van der Waals surface area contributed by atoms with E-state index >= 15 is 0 Å². The first-order chi connectivity index (χ1) is 10.3. The number of benzene rings is 1. The monoisotopic (exact) mass is 392 g/mol. The van der Waals surface area contributed by atoms with Crippen LogP contribution in [0.2, 0.25) is 0 Å². The Hall–Kier alpha value is -0.470. The van der Waals surface area contributed by atoms with Crippen LogP contribution in [0.1, 0.15) is 20.3 Å². The van der Waals surface area contributed by atoms with Gasteiger partial charge in [0.25, 0.3) is 0 Å². The number of aliphatic hydroxyl groups excluding tert-OH is 1. The Balaban J connectivity index is 2.19. The van der Waals surface area contributed by atoms with Gasteiger partial charge in [0.2, 0.25) is 0 Å². The van der Waals surface area contributed by atoms with E-state index in [9.17, 15) is 13.5 Å². The third-order valence-electron chi connectivity index (χ3n) is 3.61. The van der Waals surface area contributed by atoms with E-state index < -0.39 is 27.3 Å². The molecule has 2 rings (SSSR count). The molecule has 7 heteroatoms. The molecule has 0 saturated carbocycles. The molecule has 1 heterocycles. The van der Waals surface area contributed by atoms with Gasteiger partial charge < -0.3 is 14.6 Å². The summed E-state index contributed by atoms with van der Waals surface area (Å²) in [7, 11) is -3.49. The van der Waals surface area contributed by atoms with Gasteiger partial charge in [-0.15, -0.1) is 0 Å². The van der Waals surface area contributed by atoms with Crippen LogP contribution < -0.4 is 0 Å². The number of rotatable bonds is 5. The standard InChI is InChI=1S/C15H21BrO5S/c1-10(2)21-14-7-13(9-20-15(14)8-17)22(18,19)12-5-3-11(16)4-6-12/h3-6,10,13-15,17H,7-9H2,1-2H3/t13?,14-,15?/m0/s1. The van der Waals surface area contributed by atoms with E-state index in [2.05, 4.69) is 15.9 Å². The number of halogens is 1. The zero-order valence-corrected chi connectivity index (χ0v) is 15.0. The summed E-state index contributed by atoms with van der Waals surface area (Å²) in [4.78, 5) is 0.273. The molecule has 0 amide bonds. The molecule has 1 fully saturated rings. The lowest BCUT2D eigenvalue weighted by Crippen LogP contribution is -2.47. The number of hydrogen-bond donors (Lipinski definition) is 1. The first-order valence-corrected chi connectivity index (χ1v) is 9.56. The van der Waals surface area contributed by atoms with Gasteiger partial charge in [-0.3, -0.25) is 0 Å². The second kappa shape index (κ2) is 7.40. The molecule has 1 aromatic carbocycles. The van der Waals surface area contributed by atoms with Gasteiger partial charge in [0.1, 0.15) is 6.10 Å². The van der Waals surface area contributed by atoms with Gasteiger partial charge in [-0.25, -0.2) is 8.42 Å². The van der Waals surface area contributed by atoms with Crippen molar-refractivity contribution in [3.8, 4) is 0 Å². The first-order valence-electron chi connectivity index (χ1n) is 7.22. The van der Waals surface area contributed by atoms with Crippen LogP contribution in [0, 0.1) is 0 Å². The van der Waals surface area contributed by atoms with Gasteiger partial charge in [0.05, 0.1) is 35.6 Å². The average Bonchev–Trinajstić information content (AvgIpc) is 2.47. The van der Waals surface area contributed by atoms with Gasteiger partial charge in [-0.05, 0) is 44.5 Å². The SMILES string of the molecule is CC(C)O[C@H]1CC(S(=O)(=O)c2ccc(Br)cc2)COC1CO. The maximum Gasteiger partial charge on any atom is 0.183 e. The number of aliphatic hydroxyl groups is 1. The molecule has 0 aliphatic carbocycles. The topological polar surface area (TPSA) is 72.8 Å². The van der Waals surface area contributed by atoms with E-state index in [1.165, 1.54) is 0 Å². The summed E-state index contributed by atoms with van der Waals surface area (Å²) >= 11 is 3.29. The van der Waals surface area contributed by atoms with Gasteiger partial charge >= 0.3 is 0 Å². The van der Waals surface area contributed by atoms with Gasteiger partial charge in [-0.1, -0.05) is 15.9 Å². The third kappa shape index (κ3) is 4.08. The summed E-state index contributed by atoms with van der Waals surface area (Å²) in [5, 5.41) is 8.68. The lowest BCUT2D eigenvalue weighted by molar-refractivity contribution is -0.134. The molecule has 5 nitrogen and oxygen atoms in total. The van der Waals surface area contributed by atoms with Gasteiger partial charge in [0, 0.05) is 4.47 Å². The van der Waals surface area contributed by atoms with Crippen LogP contribution in [0.5, 0.6) is 0 Å². The second-order valence-electron chi connectivity index (χ2n) is 5.63. The van der Waals surface area contributed by atoms with E-state index in [0.29, 0.717) is 6.42 Å². The maximum atomic E-state index is 12.7. The molecule has 0 radical (unpaired) electrons. The number of ether oxygens (including phenoxy) is 2. The van der Waals surface area contributed by atoms with Crippen molar-refractivity contribution in [1.82, 2.24) is 0 Å². The van der Waals surface area contributed by atoms with Crippen LogP contribution in [0.15, 0.2) is 33.6 Å². The molecule has 0 spiro atoms. The Morgan fingerprint density at radius 1 is 1.36 bits per heavy atom. The minimum atomic E-state index is -3.49. The van der Waals surface area contributed by atoms with E-state index in [-0.39, 0.29) is 24.2 Å². The molecular formula is C15H21BrO5S. The van der Waals surface area contributed by atoms with E-state index in [4.69, 9.17) is 9.47 Å². The molecule has 1 saturated heterocycles. The molecule has 2 unspecified atom stereocenters. The molecule has 1 aromatic rings. The highest BCUT2D eigenvalue weighted by molar-refractivity contribution is 9.10. The lowest BCUT2D eigenvalue weighted by Gasteiger charge is -2.36. The van der Waals surface area contributed by atoms with E-state index in [1.54, 1.807) is 24.3 Å². The highest BCUT2D eigenvalue weighted by atomic mass is 79.9. The fourth-order valence-electron chi connectivity index (χ4n) is 2.51. The summed E-state index contributed by atoms with van der Waals surface area (Å²) in [6.07, 6.45) is -0.633. The minimum absolute atomic E-state index is 0.0585. The highest BCUT2D eigenvalue weighted by Gasteiger charge is 2.39. The van der Waals surface area contributed by atoms with Crippen molar-refractivity contribution < 1.29 is 23.0 Å². The maximum absolute atomic E-state index is 12.7. The molecule has 124 valence electrons. The Kier molecular flexibility index (Phi) is 6.01. The highest BCUT2D eigenvalue weighted by Crippen LogP contribution is 2.28. The zero-order valence-electron chi connectivity index (χ0n) is 12.6. The minimum Gasteiger partial charge on any atom is -0.394 e. The first kappa shape index (κ1) is 17.9. The van der Waals surface area contributed by atoms with Crippen LogP contribution in [-0.2, 0) is 19.3 Å². The molecule has 1 N–H and O–H groups in total. The molecule has 1 aliphatic heterocycles. The smallest absolute Gasteiger partial charge is 0.183 e. The summed E-state index contributed by atoms with van der Waals surface area (Å²) in [6.45, 7) is 3.65. The molecule has 3 atom stereocenters. The lowest BCUT2D eigenvalue weighted by atomic mass is 10.1. The van der Waals surface area contributed by atoms with Crippen molar-refractivity contribution in [3.63, 3.8) is 0 Å². The number of sulfone groups is 1. The zero-order chi connectivity index (χ0) is 16.3. The molecule has 22 heavy (non-hydrogen) atoms. The molecule has 0 bridgehead atoms. The molecule has 1 aliphatic rings. The van der Waals surface area contributed by atoms with Gasteiger partial charge in [-0.2, -0.15) is 0 Å². The van der Waals surface area contributed by atoms with Crippen molar-refractivity contribution in [3.05, 3.63) is 28.7 Å². The van der Waals surface area contributed by atoms with Crippen LogP contribution in [0.25, 0.3) is 0 Å². The Labute approximate surface area is 139 Å². The van der Waals surface area contributed by atoms with Crippen molar-refractivity contribution in [2.75, 3.05) is 13.2 Å². The summed E-state index contributed by atoms with van der Waals surface area (Å²) in [5.41, 5.74) is 0. The quantitative estimate of drug-likeness (QED) is 0.830.